The van der Waals surface area contributed by atoms with E-state index in [0.29, 0.717) is 12.2 Å². The summed E-state index contributed by atoms with van der Waals surface area (Å²) in [6.45, 7) is 0.321. The highest BCUT2D eigenvalue weighted by atomic mass is 35.5. The number of halogens is 2. The average Bonchev–Trinajstić information content (AvgIpc) is 2.63. The minimum Gasteiger partial charge on any atom is -0.329 e. The van der Waals surface area contributed by atoms with E-state index in [1.165, 1.54) is 12.1 Å². The first-order chi connectivity index (χ1) is 9.55. The predicted molar refractivity (Wildman–Crippen MR) is 79.2 cm³/mol. The van der Waals surface area contributed by atoms with Gasteiger partial charge in [-0.15, -0.1) is 0 Å². The maximum Gasteiger partial charge on any atom is 0.231 e. The number of nitrogens with two attached hydrogens (primary N) is 1. The molecule has 0 atom stereocenters. The molecular weight excluding hydrogens is 279 g/mol. The Morgan fingerprint density at radius 2 is 1.90 bits per heavy atom. The van der Waals surface area contributed by atoms with E-state index in [1.54, 1.807) is 6.07 Å². The molecule has 3 nitrogen and oxygen atoms in total. The van der Waals surface area contributed by atoms with E-state index >= 15 is 0 Å². The molecule has 1 amide bonds. The van der Waals surface area contributed by atoms with Crippen LogP contribution < -0.4 is 11.1 Å². The van der Waals surface area contributed by atoms with Crippen molar-refractivity contribution < 1.29 is 9.18 Å². The Labute approximate surface area is 123 Å². The normalized spacial score (nSPS) is 18.4. The van der Waals surface area contributed by atoms with Gasteiger partial charge in [0.05, 0.1) is 5.41 Å². The summed E-state index contributed by atoms with van der Waals surface area (Å²) < 4.78 is 13.3. The fraction of sp³-hybridized carbons (Fsp3) is 0.533. The van der Waals surface area contributed by atoms with Crippen LogP contribution in [0.2, 0.25) is 5.02 Å². The lowest BCUT2D eigenvalue weighted by Crippen LogP contribution is -2.42. The van der Waals surface area contributed by atoms with Crippen LogP contribution in [0.15, 0.2) is 18.2 Å². The molecule has 0 aliphatic heterocycles. The van der Waals surface area contributed by atoms with Gasteiger partial charge in [-0.3, -0.25) is 4.79 Å². The maximum atomic E-state index is 13.3. The van der Waals surface area contributed by atoms with Crippen LogP contribution in [-0.4, -0.2) is 12.5 Å². The Hall–Kier alpha value is -1.13. The minimum absolute atomic E-state index is 0.122. The first-order valence-electron chi connectivity index (χ1n) is 7.03. The summed E-state index contributed by atoms with van der Waals surface area (Å²) in [5.41, 5.74) is 5.71. The van der Waals surface area contributed by atoms with Gasteiger partial charge in [-0.05, 0) is 31.0 Å². The Morgan fingerprint density at radius 3 is 2.45 bits per heavy atom. The zero-order chi connectivity index (χ0) is 14.6. The van der Waals surface area contributed by atoms with Crippen LogP contribution in [0.25, 0.3) is 0 Å². The van der Waals surface area contributed by atoms with Crippen LogP contribution in [0.3, 0.4) is 0 Å². The quantitative estimate of drug-likeness (QED) is 0.836. The topological polar surface area (TPSA) is 55.1 Å². The van der Waals surface area contributed by atoms with Crippen LogP contribution in [0, 0.1) is 11.2 Å². The number of anilines is 1. The van der Waals surface area contributed by atoms with Crippen molar-refractivity contribution in [2.75, 3.05) is 11.9 Å². The highest BCUT2D eigenvalue weighted by Crippen LogP contribution is 2.35. The summed E-state index contributed by atoms with van der Waals surface area (Å²) in [7, 11) is 0. The third-order valence-electron chi connectivity index (χ3n) is 4.05. The molecule has 0 aromatic heterocycles. The molecule has 0 radical (unpaired) electrons. The predicted octanol–water partition coefficient (Wildman–Crippen LogP) is 3.72. The minimum atomic E-state index is -0.532. The second kappa shape index (κ2) is 6.55. The molecule has 1 aromatic rings. The van der Waals surface area contributed by atoms with Gasteiger partial charge in [0.15, 0.2) is 0 Å². The molecule has 5 heteroatoms. The smallest absolute Gasteiger partial charge is 0.231 e. The molecule has 1 aliphatic carbocycles. The van der Waals surface area contributed by atoms with Crippen LogP contribution in [-0.2, 0) is 4.79 Å². The van der Waals surface area contributed by atoms with Crippen molar-refractivity contribution in [2.24, 2.45) is 11.1 Å². The number of carbonyl (C=O) groups is 1. The van der Waals surface area contributed by atoms with Crippen molar-refractivity contribution in [3.05, 3.63) is 29.0 Å². The third-order valence-corrected chi connectivity index (χ3v) is 4.27. The van der Waals surface area contributed by atoms with Gasteiger partial charge >= 0.3 is 0 Å². The zero-order valence-electron chi connectivity index (χ0n) is 11.4. The molecule has 1 aromatic carbocycles. The molecule has 1 fully saturated rings. The maximum absolute atomic E-state index is 13.3. The van der Waals surface area contributed by atoms with Gasteiger partial charge in [-0.25, -0.2) is 4.39 Å². The summed E-state index contributed by atoms with van der Waals surface area (Å²) in [5, 5.41) is 3.04. The fourth-order valence-electron chi connectivity index (χ4n) is 2.82. The summed E-state index contributed by atoms with van der Waals surface area (Å²) in [6, 6.07) is 4.02. The van der Waals surface area contributed by atoms with E-state index in [4.69, 9.17) is 17.3 Å². The van der Waals surface area contributed by atoms with Gasteiger partial charge < -0.3 is 11.1 Å². The Balaban J connectivity index is 2.16. The van der Waals surface area contributed by atoms with Crippen molar-refractivity contribution >= 4 is 23.2 Å². The molecule has 1 aliphatic rings. The number of nitrogens with one attached hydrogen (secondary N) is 1. The molecule has 0 bridgehead atoms. The van der Waals surface area contributed by atoms with Gasteiger partial charge in [0.2, 0.25) is 5.91 Å². The summed E-state index contributed by atoms with van der Waals surface area (Å²) in [4.78, 5) is 12.5. The van der Waals surface area contributed by atoms with Crippen LogP contribution in [0.1, 0.15) is 38.5 Å². The van der Waals surface area contributed by atoms with E-state index in [1.807, 2.05) is 0 Å². The number of hydrogen-bond acceptors (Lipinski definition) is 2. The molecular formula is C15H20ClFN2O. The van der Waals surface area contributed by atoms with Crippen LogP contribution in [0.4, 0.5) is 10.1 Å². The molecule has 0 heterocycles. The second-order valence-corrected chi connectivity index (χ2v) is 5.95. The summed E-state index contributed by atoms with van der Waals surface area (Å²) >= 11 is 5.80. The van der Waals surface area contributed by atoms with E-state index in [-0.39, 0.29) is 10.9 Å². The van der Waals surface area contributed by atoms with E-state index in [9.17, 15) is 9.18 Å². The fourth-order valence-corrected chi connectivity index (χ4v) is 3.04. The Bertz CT molecular complexity index is 465. The van der Waals surface area contributed by atoms with Crippen molar-refractivity contribution in [3.63, 3.8) is 0 Å². The van der Waals surface area contributed by atoms with Crippen molar-refractivity contribution in [2.45, 2.75) is 38.5 Å². The number of hydrogen-bond donors (Lipinski definition) is 2. The van der Waals surface area contributed by atoms with E-state index in [0.717, 1.165) is 38.5 Å². The molecule has 0 spiro atoms. The standard InChI is InChI=1S/C15H20ClFN2O/c16-11-7-12(17)9-13(8-11)19-14(20)15(10-18)5-3-1-2-4-6-15/h7-9H,1-6,10,18H2,(H,19,20). The highest BCUT2D eigenvalue weighted by molar-refractivity contribution is 6.30. The number of carbonyl (C=O) groups excluding carboxylic acids is 1. The average molecular weight is 299 g/mol. The molecule has 3 N–H and O–H groups in total. The van der Waals surface area contributed by atoms with Gasteiger partial charge in [-0.2, -0.15) is 0 Å². The van der Waals surface area contributed by atoms with E-state index < -0.39 is 11.2 Å². The molecule has 1 saturated carbocycles. The molecule has 110 valence electrons. The van der Waals surface area contributed by atoms with Crippen molar-refractivity contribution in [1.82, 2.24) is 0 Å². The first kappa shape index (κ1) is 15.3. The van der Waals surface area contributed by atoms with Gasteiger partial charge in [0.1, 0.15) is 5.82 Å². The molecule has 2 rings (SSSR count). The van der Waals surface area contributed by atoms with Crippen molar-refractivity contribution in [3.8, 4) is 0 Å². The monoisotopic (exact) mass is 298 g/mol. The molecule has 0 unspecified atom stereocenters. The molecule has 0 saturated heterocycles. The number of amides is 1. The SMILES string of the molecule is NCC1(C(=O)Nc2cc(F)cc(Cl)c2)CCCCCC1. The highest BCUT2D eigenvalue weighted by Gasteiger charge is 2.37. The number of rotatable bonds is 3. The lowest BCUT2D eigenvalue weighted by atomic mass is 9.79. The van der Waals surface area contributed by atoms with Gasteiger partial charge in [0, 0.05) is 17.3 Å². The van der Waals surface area contributed by atoms with Crippen molar-refractivity contribution in [1.29, 1.82) is 0 Å². The van der Waals surface area contributed by atoms with Crippen LogP contribution in [0.5, 0.6) is 0 Å². The Kier molecular flexibility index (Phi) is 5.00. The second-order valence-electron chi connectivity index (χ2n) is 5.51. The number of benzene rings is 1. The summed E-state index contributed by atoms with van der Waals surface area (Å²) in [5.74, 6) is -0.584. The summed E-state index contributed by atoms with van der Waals surface area (Å²) in [6.07, 6.45) is 5.88. The lowest BCUT2D eigenvalue weighted by Gasteiger charge is -2.29. The van der Waals surface area contributed by atoms with Gasteiger partial charge in [-0.1, -0.05) is 37.3 Å². The van der Waals surface area contributed by atoms with Crippen LogP contribution >= 0.6 is 11.6 Å². The Morgan fingerprint density at radius 1 is 1.25 bits per heavy atom. The largest absolute Gasteiger partial charge is 0.329 e. The van der Waals surface area contributed by atoms with E-state index in [2.05, 4.69) is 5.32 Å². The molecule has 20 heavy (non-hydrogen) atoms. The zero-order valence-corrected chi connectivity index (χ0v) is 12.2. The van der Waals surface area contributed by atoms with Gasteiger partial charge in [0.25, 0.3) is 0 Å². The lowest BCUT2D eigenvalue weighted by molar-refractivity contribution is -0.125. The first-order valence-corrected chi connectivity index (χ1v) is 7.41. The third kappa shape index (κ3) is 3.49.